The Kier molecular flexibility index (Phi) is 6.26. The van der Waals surface area contributed by atoms with E-state index in [1.165, 1.54) is 5.56 Å². The Labute approximate surface area is 178 Å². The van der Waals surface area contributed by atoms with Gasteiger partial charge in [-0.3, -0.25) is 4.79 Å². The smallest absolute Gasteiger partial charge is 0.272 e. The summed E-state index contributed by atoms with van der Waals surface area (Å²) >= 11 is 0. The van der Waals surface area contributed by atoms with Crippen LogP contribution >= 0.6 is 0 Å². The summed E-state index contributed by atoms with van der Waals surface area (Å²) < 4.78 is 0. The molecule has 1 aliphatic heterocycles. The zero-order valence-corrected chi connectivity index (χ0v) is 17.8. The molecule has 5 nitrogen and oxygen atoms in total. The fourth-order valence-corrected chi connectivity index (χ4v) is 4.18. The van der Waals surface area contributed by atoms with Crippen LogP contribution in [0, 0.1) is 5.92 Å². The van der Waals surface area contributed by atoms with Crippen molar-refractivity contribution < 1.29 is 4.79 Å². The molecule has 0 aliphatic carbocycles. The molecule has 1 fully saturated rings. The maximum absolute atomic E-state index is 12.7. The van der Waals surface area contributed by atoms with E-state index in [-0.39, 0.29) is 11.9 Å². The molecule has 30 heavy (non-hydrogen) atoms. The van der Waals surface area contributed by atoms with Crippen LogP contribution < -0.4 is 10.2 Å². The molecule has 5 heteroatoms. The van der Waals surface area contributed by atoms with Crippen molar-refractivity contribution in [3.63, 3.8) is 0 Å². The van der Waals surface area contributed by atoms with E-state index >= 15 is 0 Å². The molecule has 0 bridgehead atoms. The Morgan fingerprint density at radius 1 is 1.03 bits per heavy atom. The van der Waals surface area contributed by atoms with Crippen LogP contribution in [0.15, 0.2) is 54.6 Å². The molecule has 1 unspecified atom stereocenters. The number of hydrogen-bond donors (Lipinski definition) is 1. The fourth-order valence-electron chi connectivity index (χ4n) is 4.18. The number of carbonyl (C=O) groups excluding carboxylic acids is 1. The summed E-state index contributed by atoms with van der Waals surface area (Å²) in [7, 11) is 0. The number of carbonyl (C=O) groups is 1. The summed E-state index contributed by atoms with van der Waals surface area (Å²) in [4.78, 5) is 15.0. The van der Waals surface area contributed by atoms with Crippen molar-refractivity contribution in [3.05, 3.63) is 65.9 Å². The largest absolute Gasteiger partial charge is 0.355 e. The van der Waals surface area contributed by atoms with Crippen LogP contribution in [0.3, 0.4) is 0 Å². The van der Waals surface area contributed by atoms with Crippen LogP contribution in [0.25, 0.3) is 10.8 Å². The average Bonchev–Trinajstić information content (AvgIpc) is 2.79. The summed E-state index contributed by atoms with van der Waals surface area (Å²) in [6, 6.07) is 18.8. The van der Waals surface area contributed by atoms with Gasteiger partial charge in [0, 0.05) is 29.9 Å². The Morgan fingerprint density at radius 3 is 2.40 bits per heavy atom. The van der Waals surface area contributed by atoms with Crippen LogP contribution in [0.4, 0.5) is 5.82 Å². The van der Waals surface area contributed by atoms with Gasteiger partial charge < -0.3 is 10.2 Å². The van der Waals surface area contributed by atoms with Gasteiger partial charge in [0.25, 0.3) is 5.91 Å². The maximum Gasteiger partial charge on any atom is 0.272 e. The van der Waals surface area contributed by atoms with E-state index in [9.17, 15) is 4.79 Å². The number of hydrogen-bond acceptors (Lipinski definition) is 4. The molecule has 4 rings (SSSR count). The molecule has 0 spiro atoms. The topological polar surface area (TPSA) is 58.1 Å². The number of fused-ring (bicyclic) bond motifs is 1. The van der Waals surface area contributed by atoms with E-state index in [0.29, 0.717) is 11.6 Å². The van der Waals surface area contributed by atoms with Crippen LogP contribution in [0.5, 0.6) is 0 Å². The second kappa shape index (κ2) is 9.24. The molecule has 1 aromatic heterocycles. The normalized spacial score (nSPS) is 15.9. The van der Waals surface area contributed by atoms with E-state index < -0.39 is 0 Å². The third kappa shape index (κ3) is 4.45. The number of rotatable bonds is 6. The Hall–Kier alpha value is -2.95. The highest BCUT2D eigenvalue weighted by atomic mass is 16.2. The lowest BCUT2D eigenvalue weighted by molar-refractivity contribution is 0.0935. The molecule has 2 aromatic carbocycles. The van der Waals surface area contributed by atoms with Gasteiger partial charge in [-0.25, -0.2) is 0 Å². The quantitative estimate of drug-likeness (QED) is 0.654. The number of piperidine rings is 1. The van der Waals surface area contributed by atoms with Gasteiger partial charge in [-0.1, -0.05) is 61.5 Å². The first kappa shape index (κ1) is 20.3. The molecule has 0 saturated carbocycles. The average molecular weight is 403 g/mol. The minimum atomic E-state index is -0.152. The number of nitrogens with zero attached hydrogens (tertiary/aromatic N) is 3. The van der Waals surface area contributed by atoms with Gasteiger partial charge in [-0.2, -0.15) is 0 Å². The van der Waals surface area contributed by atoms with Crippen LogP contribution in [-0.2, 0) is 6.42 Å². The van der Waals surface area contributed by atoms with Gasteiger partial charge in [0.2, 0.25) is 0 Å². The molecule has 3 aromatic rings. The molecule has 1 aliphatic rings. The van der Waals surface area contributed by atoms with Gasteiger partial charge in [0.1, 0.15) is 0 Å². The summed E-state index contributed by atoms with van der Waals surface area (Å²) in [5.41, 5.74) is 1.83. The molecule has 2 heterocycles. The first-order valence-electron chi connectivity index (χ1n) is 11.0. The second-order valence-corrected chi connectivity index (χ2v) is 8.32. The van der Waals surface area contributed by atoms with Crippen molar-refractivity contribution in [2.45, 2.75) is 45.6 Å². The molecule has 1 N–H and O–H groups in total. The Morgan fingerprint density at radius 2 is 1.70 bits per heavy atom. The highest BCUT2D eigenvalue weighted by molar-refractivity contribution is 6.07. The first-order chi connectivity index (χ1) is 14.7. The van der Waals surface area contributed by atoms with Crippen molar-refractivity contribution >= 4 is 22.5 Å². The molecule has 1 amide bonds. The zero-order chi connectivity index (χ0) is 20.9. The van der Waals surface area contributed by atoms with Crippen LogP contribution in [0.1, 0.15) is 49.2 Å². The third-order valence-electron chi connectivity index (χ3n) is 6.15. The number of benzene rings is 2. The fraction of sp³-hybridized carbons (Fsp3) is 0.400. The third-order valence-corrected chi connectivity index (χ3v) is 6.15. The van der Waals surface area contributed by atoms with Crippen molar-refractivity contribution in [3.8, 4) is 0 Å². The minimum Gasteiger partial charge on any atom is -0.355 e. The highest BCUT2D eigenvalue weighted by Gasteiger charge is 2.24. The number of amides is 1. The second-order valence-electron chi connectivity index (χ2n) is 8.32. The predicted octanol–water partition coefficient (Wildman–Crippen LogP) is 4.62. The highest BCUT2D eigenvalue weighted by Crippen LogP contribution is 2.30. The number of anilines is 1. The zero-order valence-electron chi connectivity index (χ0n) is 17.8. The van der Waals surface area contributed by atoms with Crippen molar-refractivity contribution in [2.75, 3.05) is 18.0 Å². The van der Waals surface area contributed by atoms with Crippen molar-refractivity contribution in [1.29, 1.82) is 0 Å². The Balaban J connectivity index is 1.51. The molecule has 1 atom stereocenters. The predicted molar refractivity (Wildman–Crippen MR) is 122 cm³/mol. The SMILES string of the molecule is CCC(C)NC(=O)c1nnc(N2CCC(Cc3ccccc3)CC2)c2ccccc12. The lowest BCUT2D eigenvalue weighted by Gasteiger charge is -2.33. The van der Waals surface area contributed by atoms with E-state index in [0.717, 1.165) is 55.4 Å². The van der Waals surface area contributed by atoms with E-state index in [1.807, 2.05) is 25.1 Å². The molecule has 1 saturated heterocycles. The van der Waals surface area contributed by atoms with E-state index in [4.69, 9.17) is 0 Å². The Bertz CT molecular complexity index is 996. The van der Waals surface area contributed by atoms with Crippen molar-refractivity contribution in [1.82, 2.24) is 15.5 Å². The summed E-state index contributed by atoms with van der Waals surface area (Å²) in [5, 5.41) is 13.7. The van der Waals surface area contributed by atoms with Crippen LogP contribution in [0.2, 0.25) is 0 Å². The molecule has 156 valence electrons. The first-order valence-corrected chi connectivity index (χ1v) is 11.0. The monoisotopic (exact) mass is 402 g/mol. The number of aromatic nitrogens is 2. The molecular formula is C25H30N4O. The van der Waals surface area contributed by atoms with Gasteiger partial charge >= 0.3 is 0 Å². The van der Waals surface area contributed by atoms with E-state index in [2.05, 4.69) is 63.7 Å². The molecule has 0 radical (unpaired) electrons. The summed E-state index contributed by atoms with van der Waals surface area (Å²) in [6.45, 7) is 5.99. The summed E-state index contributed by atoms with van der Waals surface area (Å²) in [5.74, 6) is 1.44. The maximum atomic E-state index is 12.7. The van der Waals surface area contributed by atoms with Gasteiger partial charge in [-0.05, 0) is 44.1 Å². The lowest BCUT2D eigenvalue weighted by Crippen LogP contribution is -2.36. The lowest BCUT2D eigenvalue weighted by atomic mass is 9.90. The van der Waals surface area contributed by atoms with Gasteiger partial charge in [0.05, 0.1) is 0 Å². The molecular weight excluding hydrogens is 372 g/mol. The summed E-state index contributed by atoms with van der Waals surface area (Å²) in [6.07, 6.45) is 4.30. The van der Waals surface area contributed by atoms with Gasteiger partial charge in [0.15, 0.2) is 11.5 Å². The van der Waals surface area contributed by atoms with E-state index in [1.54, 1.807) is 0 Å². The number of nitrogens with one attached hydrogen (secondary N) is 1. The van der Waals surface area contributed by atoms with Crippen LogP contribution in [-0.4, -0.2) is 35.2 Å². The minimum absolute atomic E-state index is 0.112. The standard InChI is InChI=1S/C25H30N4O/c1-3-18(2)26-25(30)23-21-11-7-8-12-22(21)24(28-27-23)29-15-13-20(14-16-29)17-19-9-5-4-6-10-19/h4-12,18,20H,3,13-17H2,1-2H3,(H,26,30). The van der Waals surface area contributed by atoms with Crippen molar-refractivity contribution in [2.24, 2.45) is 5.92 Å². The van der Waals surface area contributed by atoms with Gasteiger partial charge in [-0.15, -0.1) is 10.2 Å².